The Bertz CT molecular complexity index is 498. The lowest BCUT2D eigenvalue weighted by Crippen LogP contribution is -2.10. The van der Waals surface area contributed by atoms with Crippen LogP contribution >= 0.6 is 0 Å². The van der Waals surface area contributed by atoms with Gasteiger partial charge in [-0.15, -0.1) is 0 Å². The van der Waals surface area contributed by atoms with Gasteiger partial charge in [0.2, 0.25) is 0 Å². The molecule has 0 spiro atoms. The maximum absolute atomic E-state index is 2.30. The van der Waals surface area contributed by atoms with Crippen molar-refractivity contribution < 1.29 is 0 Å². The number of hydrogen-bond acceptors (Lipinski definition) is 0. The Labute approximate surface area is 104 Å². The Morgan fingerprint density at radius 2 is 1.41 bits per heavy atom. The first kappa shape index (κ1) is 11.9. The van der Waals surface area contributed by atoms with E-state index in [4.69, 9.17) is 0 Å². The third-order valence-corrected chi connectivity index (χ3v) is 3.11. The average molecular weight is 224 g/mol. The van der Waals surface area contributed by atoms with Gasteiger partial charge in [-0.1, -0.05) is 74.9 Å². The van der Waals surface area contributed by atoms with Crippen LogP contribution in [0.4, 0.5) is 0 Å². The molecule has 0 heterocycles. The van der Waals surface area contributed by atoms with Gasteiger partial charge in [-0.3, -0.25) is 0 Å². The molecular weight excluding hydrogens is 204 g/mol. The predicted octanol–water partition coefficient (Wildman–Crippen LogP) is 4.96. The second-order valence-corrected chi connectivity index (χ2v) is 5.70. The second kappa shape index (κ2) is 4.37. The summed E-state index contributed by atoms with van der Waals surface area (Å²) < 4.78 is 0. The average Bonchev–Trinajstić information content (AvgIpc) is 2.29. The maximum atomic E-state index is 2.30. The highest BCUT2D eigenvalue weighted by Gasteiger charge is 2.13. The Balaban J connectivity index is 2.43. The van der Waals surface area contributed by atoms with Crippen molar-refractivity contribution in [3.63, 3.8) is 0 Å². The van der Waals surface area contributed by atoms with Crippen LogP contribution in [0.3, 0.4) is 0 Å². The SMILES string of the molecule is Cc1ccc(-c2cccc(C(C)(C)C)c2)cc1. The third kappa shape index (κ3) is 2.76. The standard InChI is InChI=1S/C17H20/c1-13-8-10-14(11-9-13)15-6-5-7-16(12-15)17(2,3)4/h5-12H,1-4H3. The summed E-state index contributed by atoms with van der Waals surface area (Å²) in [4.78, 5) is 0. The summed E-state index contributed by atoms with van der Waals surface area (Å²) in [5.41, 5.74) is 5.50. The van der Waals surface area contributed by atoms with E-state index < -0.39 is 0 Å². The molecule has 17 heavy (non-hydrogen) atoms. The topological polar surface area (TPSA) is 0 Å². The molecule has 2 aromatic carbocycles. The minimum atomic E-state index is 0.209. The fourth-order valence-electron chi connectivity index (χ4n) is 1.91. The molecule has 0 aliphatic carbocycles. The number of rotatable bonds is 1. The Kier molecular flexibility index (Phi) is 3.06. The normalized spacial score (nSPS) is 11.5. The fraction of sp³-hybridized carbons (Fsp3) is 0.294. The van der Waals surface area contributed by atoms with Gasteiger partial charge in [0.05, 0.1) is 0 Å². The molecule has 0 aliphatic heterocycles. The molecule has 0 atom stereocenters. The lowest BCUT2D eigenvalue weighted by atomic mass is 9.85. The van der Waals surface area contributed by atoms with E-state index in [1.807, 2.05) is 0 Å². The van der Waals surface area contributed by atoms with E-state index >= 15 is 0 Å². The van der Waals surface area contributed by atoms with Crippen LogP contribution in [0.2, 0.25) is 0 Å². The van der Waals surface area contributed by atoms with E-state index in [9.17, 15) is 0 Å². The van der Waals surface area contributed by atoms with E-state index in [2.05, 4.69) is 76.2 Å². The highest BCUT2D eigenvalue weighted by atomic mass is 14.2. The van der Waals surface area contributed by atoms with Crippen molar-refractivity contribution in [3.05, 3.63) is 59.7 Å². The quantitative estimate of drug-likeness (QED) is 0.642. The van der Waals surface area contributed by atoms with Crippen LogP contribution in [-0.2, 0) is 5.41 Å². The molecule has 0 saturated carbocycles. The van der Waals surface area contributed by atoms with Crippen LogP contribution in [-0.4, -0.2) is 0 Å². The molecule has 0 aromatic heterocycles. The zero-order valence-electron chi connectivity index (χ0n) is 11.1. The van der Waals surface area contributed by atoms with Crippen molar-refractivity contribution in [2.24, 2.45) is 0 Å². The fourth-order valence-corrected chi connectivity index (χ4v) is 1.91. The van der Waals surface area contributed by atoms with Crippen LogP contribution < -0.4 is 0 Å². The summed E-state index contributed by atoms with van der Waals surface area (Å²) in [5, 5.41) is 0. The van der Waals surface area contributed by atoms with Gasteiger partial charge in [-0.25, -0.2) is 0 Å². The molecule has 0 aliphatic rings. The van der Waals surface area contributed by atoms with Crippen molar-refractivity contribution in [1.29, 1.82) is 0 Å². The van der Waals surface area contributed by atoms with Crippen LogP contribution in [0.1, 0.15) is 31.9 Å². The maximum Gasteiger partial charge on any atom is -0.0132 e. The molecule has 2 aromatic rings. The molecule has 0 N–H and O–H groups in total. The Morgan fingerprint density at radius 1 is 0.765 bits per heavy atom. The molecule has 2 rings (SSSR count). The molecular formula is C17H20. The number of hydrogen-bond donors (Lipinski definition) is 0. The van der Waals surface area contributed by atoms with Crippen molar-refractivity contribution in [3.8, 4) is 11.1 Å². The predicted molar refractivity (Wildman–Crippen MR) is 75.3 cm³/mol. The van der Waals surface area contributed by atoms with Gasteiger partial charge in [-0.05, 0) is 29.0 Å². The van der Waals surface area contributed by atoms with Gasteiger partial charge >= 0.3 is 0 Å². The number of aryl methyl sites for hydroxylation is 1. The summed E-state index contributed by atoms with van der Waals surface area (Å²) in [6, 6.07) is 17.5. The molecule has 0 unspecified atom stereocenters. The van der Waals surface area contributed by atoms with Crippen molar-refractivity contribution in [2.45, 2.75) is 33.1 Å². The smallest absolute Gasteiger partial charge is 0.0132 e. The minimum Gasteiger partial charge on any atom is -0.0614 e. The lowest BCUT2D eigenvalue weighted by Gasteiger charge is -2.19. The summed E-state index contributed by atoms with van der Waals surface area (Å²) in [5.74, 6) is 0. The van der Waals surface area contributed by atoms with Crippen LogP contribution in [0.5, 0.6) is 0 Å². The zero-order chi connectivity index (χ0) is 12.5. The van der Waals surface area contributed by atoms with Gasteiger partial charge in [0, 0.05) is 0 Å². The first-order valence-corrected chi connectivity index (χ1v) is 6.14. The van der Waals surface area contributed by atoms with E-state index in [1.54, 1.807) is 0 Å². The summed E-state index contributed by atoms with van der Waals surface area (Å²) in [6.45, 7) is 8.87. The largest absolute Gasteiger partial charge is 0.0614 e. The van der Waals surface area contributed by atoms with E-state index in [-0.39, 0.29) is 5.41 Å². The van der Waals surface area contributed by atoms with Gasteiger partial charge < -0.3 is 0 Å². The van der Waals surface area contributed by atoms with Gasteiger partial charge in [-0.2, -0.15) is 0 Å². The minimum absolute atomic E-state index is 0.209. The van der Waals surface area contributed by atoms with Crippen molar-refractivity contribution in [2.75, 3.05) is 0 Å². The monoisotopic (exact) mass is 224 g/mol. The Morgan fingerprint density at radius 3 is 2.00 bits per heavy atom. The molecule has 0 bridgehead atoms. The molecule has 88 valence electrons. The summed E-state index contributed by atoms with van der Waals surface area (Å²) in [7, 11) is 0. The van der Waals surface area contributed by atoms with Crippen molar-refractivity contribution >= 4 is 0 Å². The number of benzene rings is 2. The summed E-state index contributed by atoms with van der Waals surface area (Å²) in [6.07, 6.45) is 0. The van der Waals surface area contributed by atoms with Crippen LogP contribution in [0, 0.1) is 6.92 Å². The first-order valence-electron chi connectivity index (χ1n) is 6.14. The highest BCUT2D eigenvalue weighted by molar-refractivity contribution is 5.64. The van der Waals surface area contributed by atoms with E-state index in [1.165, 1.54) is 22.3 Å². The molecule has 0 heteroatoms. The molecule has 0 fully saturated rings. The van der Waals surface area contributed by atoms with E-state index in [0.29, 0.717) is 0 Å². The van der Waals surface area contributed by atoms with Crippen LogP contribution in [0.25, 0.3) is 11.1 Å². The highest BCUT2D eigenvalue weighted by Crippen LogP contribution is 2.27. The van der Waals surface area contributed by atoms with Crippen molar-refractivity contribution in [1.82, 2.24) is 0 Å². The van der Waals surface area contributed by atoms with E-state index in [0.717, 1.165) is 0 Å². The Hall–Kier alpha value is -1.56. The zero-order valence-corrected chi connectivity index (χ0v) is 11.1. The third-order valence-electron chi connectivity index (χ3n) is 3.11. The second-order valence-electron chi connectivity index (χ2n) is 5.70. The molecule has 0 saturated heterocycles. The van der Waals surface area contributed by atoms with Gasteiger partial charge in [0.1, 0.15) is 0 Å². The van der Waals surface area contributed by atoms with Gasteiger partial charge in [0.25, 0.3) is 0 Å². The van der Waals surface area contributed by atoms with Gasteiger partial charge in [0.15, 0.2) is 0 Å². The molecule has 0 nitrogen and oxygen atoms in total. The van der Waals surface area contributed by atoms with Crippen LogP contribution in [0.15, 0.2) is 48.5 Å². The lowest BCUT2D eigenvalue weighted by molar-refractivity contribution is 0.590. The molecule has 0 amide bonds. The summed E-state index contributed by atoms with van der Waals surface area (Å²) >= 11 is 0. The molecule has 0 radical (unpaired) electrons. The first-order chi connectivity index (χ1) is 7.97.